The maximum Gasteiger partial charge on any atom is 0.124 e. The average molecular weight is 317 g/mol. The van der Waals surface area contributed by atoms with Crippen molar-refractivity contribution >= 4 is 27.7 Å². The molecule has 2 aromatic carbocycles. The number of aliphatic imine (C=N–C) groups is 1. The van der Waals surface area contributed by atoms with Gasteiger partial charge in [0.2, 0.25) is 0 Å². The number of anilines is 1. The van der Waals surface area contributed by atoms with Gasteiger partial charge in [0.25, 0.3) is 0 Å². The normalized spacial score (nSPS) is 11.8. The topological polar surface area (TPSA) is 72.8 Å². The Morgan fingerprint density at radius 2 is 1.73 bits per heavy atom. The van der Waals surface area contributed by atoms with Crippen LogP contribution in [-0.4, -0.2) is 33.3 Å². The van der Waals surface area contributed by atoms with Gasteiger partial charge in [-0.05, 0) is 42.3 Å². The molecule has 0 saturated heterocycles. The quantitative estimate of drug-likeness (QED) is 0.642. The van der Waals surface area contributed by atoms with Gasteiger partial charge in [0.15, 0.2) is 0 Å². The molecule has 0 atom stereocenters. The van der Waals surface area contributed by atoms with Crippen molar-refractivity contribution in [2.24, 2.45) is 4.99 Å². The van der Waals surface area contributed by atoms with Gasteiger partial charge in [-0.2, -0.15) is 0 Å². The predicted molar refractivity (Wildman–Crippen MR) is 87.2 cm³/mol. The summed E-state index contributed by atoms with van der Waals surface area (Å²) in [6.45, 7) is 1.58. The first-order chi connectivity index (χ1) is 10.3. The summed E-state index contributed by atoms with van der Waals surface area (Å²) in [4.78, 5) is 5.99. The molecule has 0 bridgehead atoms. The van der Waals surface area contributed by atoms with Crippen LogP contribution in [0.25, 0.3) is 0 Å². The zero-order chi connectivity index (χ0) is 16.3. The molecule has 0 aromatic heterocycles. The first-order valence-electron chi connectivity index (χ1n) is 6.65. The molecule has 0 aliphatic rings. The smallest absolute Gasteiger partial charge is 0.124 e. The minimum Gasteiger partial charge on any atom is -0.744 e. The van der Waals surface area contributed by atoms with Crippen LogP contribution in [0.3, 0.4) is 0 Å². The van der Waals surface area contributed by atoms with Crippen molar-refractivity contribution in [1.82, 2.24) is 0 Å². The van der Waals surface area contributed by atoms with Crippen LogP contribution in [0, 0.1) is 6.92 Å². The highest BCUT2D eigenvalue weighted by Crippen LogP contribution is 2.22. The number of rotatable bonds is 4. The molecular formula is C16H17N2O3S-. The molecule has 0 amide bonds. The van der Waals surface area contributed by atoms with Crippen molar-refractivity contribution in [2.75, 3.05) is 19.0 Å². The van der Waals surface area contributed by atoms with Gasteiger partial charge in [-0.1, -0.05) is 18.2 Å². The summed E-state index contributed by atoms with van der Waals surface area (Å²) in [5.74, 6) is 0. The van der Waals surface area contributed by atoms with Crippen LogP contribution in [0.15, 0.2) is 52.4 Å². The van der Waals surface area contributed by atoms with Crippen LogP contribution in [-0.2, 0) is 10.1 Å². The van der Waals surface area contributed by atoms with E-state index >= 15 is 0 Å². The first kappa shape index (κ1) is 16.2. The number of nitrogens with zero attached hydrogens (tertiary/aromatic N) is 2. The van der Waals surface area contributed by atoms with Gasteiger partial charge < -0.3 is 9.45 Å². The van der Waals surface area contributed by atoms with Gasteiger partial charge in [0.1, 0.15) is 10.1 Å². The Hall–Kier alpha value is -2.18. The summed E-state index contributed by atoms with van der Waals surface area (Å²) >= 11 is 0. The van der Waals surface area contributed by atoms with Gasteiger partial charge in [-0.15, -0.1) is 0 Å². The molecule has 0 fully saturated rings. The molecule has 22 heavy (non-hydrogen) atoms. The summed E-state index contributed by atoms with van der Waals surface area (Å²) in [6, 6.07) is 12.3. The Morgan fingerprint density at radius 1 is 1.09 bits per heavy atom. The van der Waals surface area contributed by atoms with E-state index in [9.17, 15) is 13.0 Å². The summed E-state index contributed by atoms with van der Waals surface area (Å²) in [6.07, 6.45) is 1.63. The van der Waals surface area contributed by atoms with Crippen molar-refractivity contribution in [3.8, 4) is 0 Å². The zero-order valence-electron chi connectivity index (χ0n) is 12.6. The van der Waals surface area contributed by atoms with E-state index in [4.69, 9.17) is 0 Å². The molecule has 5 nitrogen and oxygen atoms in total. The van der Waals surface area contributed by atoms with Crippen molar-refractivity contribution in [3.05, 3.63) is 53.6 Å². The van der Waals surface area contributed by atoms with E-state index in [-0.39, 0.29) is 4.90 Å². The maximum absolute atomic E-state index is 11.2. The molecule has 0 saturated carbocycles. The first-order valence-corrected chi connectivity index (χ1v) is 8.06. The summed E-state index contributed by atoms with van der Waals surface area (Å²) in [7, 11) is -0.566. The number of benzene rings is 2. The Bertz CT molecular complexity index is 795. The minimum absolute atomic E-state index is 0.231. The third kappa shape index (κ3) is 3.93. The van der Waals surface area contributed by atoms with Crippen LogP contribution >= 0.6 is 0 Å². The molecule has 0 heterocycles. The monoisotopic (exact) mass is 317 g/mol. The summed E-state index contributed by atoms with van der Waals surface area (Å²) in [5.41, 5.74) is 2.81. The molecule has 0 aliphatic heterocycles. The van der Waals surface area contributed by atoms with E-state index in [1.807, 2.05) is 43.3 Å². The van der Waals surface area contributed by atoms with E-state index in [0.717, 1.165) is 11.3 Å². The lowest BCUT2D eigenvalue weighted by Gasteiger charge is -2.12. The van der Waals surface area contributed by atoms with E-state index in [2.05, 4.69) is 4.99 Å². The van der Waals surface area contributed by atoms with Crippen LogP contribution in [0.1, 0.15) is 11.1 Å². The van der Waals surface area contributed by atoms with Gasteiger partial charge in [0.05, 0.1) is 10.6 Å². The Morgan fingerprint density at radius 3 is 2.27 bits per heavy atom. The molecule has 0 N–H and O–H groups in total. The van der Waals surface area contributed by atoms with E-state index in [1.54, 1.807) is 25.3 Å². The van der Waals surface area contributed by atoms with Crippen LogP contribution in [0.4, 0.5) is 11.4 Å². The van der Waals surface area contributed by atoms with Crippen molar-refractivity contribution in [3.63, 3.8) is 0 Å². The van der Waals surface area contributed by atoms with Gasteiger partial charge in [-0.3, -0.25) is 4.99 Å². The molecule has 2 aromatic rings. The number of aryl methyl sites for hydroxylation is 1. The number of hydrogen-bond acceptors (Lipinski definition) is 5. The Kier molecular flexibility index (Phi) is 4.63. The van der Waals surface area contributed by atoms with E-state index in [1.165, 1.54) is 6.07 Å². The molecule has 0 unspecified atom stereocenters. The Labute approximate surface area is 130 Å². The second-order valence-corrected chi connectivity index (χ2v) is 6.50. The molecule has 6 heteroatoms. The molecule has 116 valence electrons. The lowest BCUT2D eigenvalue weighted by atomic mass is 10.2. The number of hydrogen-bond donors (Lipinski definition) is 0. The van der Waals surface area contributed by atoms with E-state index in [0.29, 0.717) is 11.3 Å². The molecule has 0 aliphatic carbocycles. The van der Waals surface area contributed by atoms with Gasteiger partial charge in [-0.25, -0.2) is 8.42 Å². The fourth-order valence-electron chi connectivity index (χ4n) is 1.95. The van der Waals surface area contributed by atoms with Gasteiger partial charge >= 0.3 is 0 Å². The highest BCUT2D eigenvalue weighted by Gasteiger charge is 2.06. The molecule has 0 spiro atoms. The minimum atomic E-state index is -4.48. The zero-order valence-corrected chi connectivity index (χ0v) is 13.5. The maximum atomic E-state index is 11.2. The highest BCUT2D eigenvalue weighted by atomic mass is 32.2. The second kappa shape index (κ2) is 6.29. The lowest BCUT2D eigenvalue weighted by molar-refractivity contribution is 0.462. The van der Waals surface area contributed by atoms with Crippen LogP contribution in [0.5, 0.6) is 0 Å². The molecular weight excluding hydrogens is 300 g/mol. The highest BCUT2D eigenvalue weighted by molar-refractivity contribution is 7.85. The second-order valence-electron chi connectivity index (χ2n) is 5.15. The molecule has 0 radical (unpaired) electrons. The van der Waals surface area contributed by atoms with Crippen molar-refractivity contribution < 1.29 is 13.0 Å². The van der Waals surface area contributed by atoms with Crippen LogP contribution in [0.2, 0.25) is 0 Å². The van der Waals surface area contributed by atoms with Crippen LogP contribution < -0.4 is 4.90 Å². The van der Waals surface area contributed by atoms with Crippen molar-refractivity contribution in [1.29, 1.82) is 0 Å². The summed E-state index contributed by atoms with van der Waals surface area (Å²) < 4.78 is 33.5. The third-order valence-electron chi connectivity index (χ3n) is 3.21. The third-order valence-corrected chi connectivity index (χ3v) is 4.19. The SMILES string of the molecule is Cc1ccc(N=Cc2ccc(N(C)C)cc2)cc1S(=O)(=O)[O-]. The Balaban J connectivity index is 2.27. The largest absolute Gasteiger partial charge is 0.744 e. The standard InChI is InChI=1S/C16H18N2O3S/c1-12-4-7-14(10-16(12)22(19,20)21)17-11-13-5-8-15(9-6-13)18(2)3/h4-11H,1-3H3,(H,19,20,21)/p-1. The van der Waals surface area contributed by atoms with Gasteiger partial charge in [0, 0.05) is 26.0 Å². The lowest BCUT2D eigenvalue weighted by Crippen LogP contribution is -2.08. The van der Waals surface area contributed by atoms with E-state index < -0.39 is 10.1 Å². The fourth-order valence-corrected chi connectivity index (χ4v) is 2.67. The molecule has 2 rings (SSSR count). The van der Waals surface area contributed by atoms with Crippen molar-refractivity contribution in [2.45, 2.75) is 11.8 Å². The predicted octanol–water partition coefficient (Wildman–Crippen LogP) is 2.72. The summed E-state index contributed by atoms with van der Waals surface area (Å²) in [5, 5.41) is 0. The average Bonchev–Trinajstić information content (AvgIpc) is 2.45. The fraction of sp³-hybridized carbons (Fsp3) is 0.188.